The van der Waals surface area contributed by atoms with E-state index in [1.807, 2.05) is 0 Å². The van der Waals surface area contributed by atoms with Crippen molar-refractivity contribution in [1.82, 2.24) is 10.1 Å². The molecule has 0 aliphatic carbocycles. The van der Waals surface area contributed by atoms with Crippen molar-refractivity contribution in [3.05, 3.63) is 47.3 Å². The molecule has 7 heteroatoms. The van der Waals surface area contributed by atoms with E-state index in [1.165, 1.54) is 11.0 Å². The van der Waals surface area contributed by atoms with Crippen LogP contribution in [0.3, 0.4) is 0 Å². The molecule has 0 saturated carbocycles. The van der Waals surface area contributed by atoms with Crippen LogP contribution in [-0.4, -0.2) is 40.7 Å². The van der Waals surface area contributed by atoms with Gasteiger partial charge in [-0.2, -0.15) is 0 Å². The first kappa shape index (κ1) is 15.6. The first-order valence-electron chi connectivity index (χ1n) is 6.58. The largest absolute Gasteiger partial charge is 0.482 e. The summed E-state index contributed by atoms with van der Waals surface area (Å²) in [4.78, 5) is 24.3. The number of carbonyl (C=O) groups is 2. The van der Waals surface area contributed by atoms with Crippen molar-refractivity contribution < 1.29 is 24.0 Å². The number of carbonyl (C=O) groups excluding carboxylic acids is 1. The van der Waals surface area contributed by atoms with E-state index >= 15 is 0 Å². The normalized spacial score (nSPS) is 10.3. The molecule has 0 atom stereocenters. The summed E-state index contributed by atoms with van der Waals surface area (Å²) in [7, 11) is 1.65. The van der Waals surface area contributed by atoms with Crippen molar-refractivity contribution in [3.8, 4) is 5.75 Å². The zero-order valence-corrected chi connectivity index (χ0v) is 12.3. The van der Waals surface area contributed by atoms with Crippen molar-refractivity contribution in [2.45, 2.75) is 13.5 Å². The fourth-order valence-electron chi connectivity index (χ4n) is 1.89. The number of aryl methyl sites for hydroxylation is 1. The number of carboxylic acid groups (broad SMARTS) is 1. The van der Waals surface area contributed by atoms with Gasteiger partial charge in [-0.25, -0.2) is 4.79 Å². The van der Waals surface area contributed by atoms with Gasteiger partial charge in [0, 0.05) is 18.7 Å². The first-order valence-corrected chi connectivity index (χ1v) is 6.58. The molecule has 116 valence electrons. The van der Waals surface area contributed by atoms with E-state index in [-0.39, 0.29) is 5.91 Å². The second-order valence-electron chi connectivity index (χ2n) is 4.80. The highest BCUT2D eigenvalue weighted by Gasteiger charge is 2.14. The number of benzene rings is 1. The number of amides is 1. The Kier molecular flexibility index (Phi) is 4.77. The number of carboxylic acids is 1. The van der Waals surface area contributed by atoms with Gasteiger partial charge in [0.2, 0.25) is 0 Å². The number of ether oxygens (including phenoxy) is 1. The Hall–Kier alpha value is -2.83. The summed E-state index contributed by atoms with van der Waals surface area (Å²) in [5.74, 6) is -0.282. The van der Waals surface area contributed by atoms with Gasteiger partial charge in [0.25, 0.3) is 5.91 Å². The van der Waals surface area contributed by atoms with Gasteiger partial charge in [0.05, 0.1) is 6.54 Å². The highest BCUT2D eigenvalue weighted by molar-refractivity contribution is 5.94. The van der Waals surface area contributed by atoms with Crippen LogP contribution in [0, 0.1) is 6.92 Å². The average molecular weight is 304 g/mol. The van der Waals surface area contributed by atoms with Gasteiger partial charge in [-0.1, -0.05) is 11.2 Å². The number of hydrogen-bond acceptors (Lipinski definition) is 5. The van der Waals surface area contributed by atoms with Crippen molar-refractivity contribution in [2.24, 2.45) is 0 Å². The number of aromatic nitrogens is 1. The van der Waals surface area contributed by atoms with E-state index in [0.29, 0.717) is 29.3 Å². The van der Waals surface area contributed by atoms with Gasteiger partial charge in [-0.15, -0.1) is 0 Å². The van der Waals surface area contributed by atoms with Crippen LogP contribution in [-0.2, 0) is 11.3 Å². The summed E-state index contributed by atoms with van der Waals surface area (Å²) in [6.45, 7) is 1.64. The number of hydrogen-bond donors (Lipinski definition) is 1. The van der Waals surface area contributed by atoms with Gasteiger partial charge >= 0.3 is 5.97 Å². The fraction of sp³-hybridized carbons (Fsp3) is 0.267. The lowest BCUT2D eigenvalue weighted by Gasteiger charge is -2.16. The third-order valence-corrected chi connectivity index (χ3v) is 2.87. The number of aliphatic carboxylic acids is 1. The van der Waals surface area contributed by atoms with Gasteiger partial charge in [-0.05, 0) is 25.1 Å². The van der Waals surface area contributed by atoms with E-state index in [4.69, 9.17) is 14.4 Å². The zero-order valence-electron chi connectivity index (χ0n) is 12.3. The molecule has 0 bridgehead atoms. The molecule has 1 heterocycles. The number of nitrogens with zero attached hydrogens (tertiary/aromatic N) is 2. The molecule has 22 heavy (non-hydrogen) atoms. The Morgan fingerprint density at radius 1 is 1.36 bits per heavy atom. The van der Waals surface area contributed by atoms with Crippen LogP contribution in [0.5, 0.6) is 5.75 Å². The Bertz CT molecular complexity index is 680. The lowest BCUT2D eigenvalue weighted by Crippen LogP contribution is -2.26. The molecule has 0 aliphatic rings. The van der Waals surface area contributed by atoms with E-state index in [2.05, 4.69) is 5.16 Å². The summed E-state index contributed by atoms with van der Waals surface area (Å²) in [6.07, 6.45) is 0. The van der Waals surface area contributed by atoms with Crippen molar-refractivity contribution in [2.75, 3.05) is 13.7 Å². The fourth-order valence-corrected chi connectivity index (χ4v) is 1.89. The molecule has 1 aromatic heterocycles. The van der Waals surface area contributed by atoms with Gasteiger partial charge < -0.3 is 19.3 Å². The summed E-state index contributed by atoms with van der Waals surface area (Å²) >= 11 is 0. The Morgan fingerprint density at radius 3 is 2.77 bits per heavy atom. The molecule has 0 spiro atoms. The summed E-state index contributed by atoms with van der Waals surface area (Å²) < 4.78 is 10.0. The highest BCUT2D eigenvalue weighted by atomic mass is 16.5. The molecule has 2 aromatic rings. The molecule has 0 saturated heterocycles. The minimum absolute atomic E-state index is 0.221. The van der Waals surface area contributed by atoms with Crippen LogP contribution >= 0.6 is 0 Å². The smallest absolute Gasteiger partial charge is 0.341 e. The van der Waals surface area contributed by atoms with Crippen LogP contribution in [0.2, 0.25) is 0 Å². The van der Waals surface area contributed by atoms with E-state index in [9.17, 15) is 9.59 Å². The molecular formula is C15H16N2O5. The summed E-state index contributed by atoms with van der Waals surface area (Å²) in [5, 5.41) is 12.4. The molecule has 7 nitrogen and oxygen atoms in total. The molecule has 1 N–H and O–H groups in total. The second kappa shape index (κ2) is 6.75. The quantitative estimate of drug-likeness (QED) is 0.873. The van der Waals surface area contributed by atoms with Crippen molar-refractivity contribution >= 4 is 11.9 Å². The van der Waals surface area contributed by atoms with E-state index in [0.717, 1.165) is 0 Å². The van der Waals surface area contributed by atoms with Crippen molar-refractivity contribution in [3.63, 3.8) is 0 Å². The SMILES string of the molecule is Cc1cc(CN(C)C(=O)c2cccc(OCC(=O)O)c2)no1. The average Bonchev–Trinajstić information content (AvgIpc) is 2.89. The molecular weight excluding hydrogens is 288 g/mol. The van der Waals surface area contributed by atoms with Crippen LogP contribution in [0.15, 0.2) is 34.9 Å². The highest BCUT2D eigenvalue weighted by Crippen LogP contribution is 2.15. The predicted octanol–water partition coefficient (Wildman–Crippen LogP) is 1.72. The molecule has 0 radical (unpaired) electrons. The first-order chi connectivity index (χ1) is 10.5. The van der Waals surface area contributed by atoms with Crippen LogP contribution < -0.4 is 4.74 Å². The molecule has 1 aromatic carbocycles. The minimum Gasteiger partial charge on any atom is -0.482 e. The third kappa shape index (κ3) is 4.08. The van der Waals surface area contributed by atoms with Crippen LogP contribution in [0.25, 0.3) is 0 Å². The lowest BCUT2D eigenvalue weighted by molar-refractivity contribution is -0.139. The molecule has 1 amide bonds. The Balaban J connectivity index is 2.04. The van der Waals surface area contributed by atoms with Crippen LogP contribution in [0.4, 0.5) is 0 Å². The summed E-state index contributed by atoms with van der Waals surface area (Å²) in [5.41, 5.74) is 1.07. The molecule has 0 fully saturated rings. The van der Waals surface area contributed by atoms with Crippen molar-refractivity contribution in [1.29, 1.82) is 0 Å². The molecule has 0 unspecified atom stereocenters. The topological polar surface area (TPSA) is 92.9 Å². The minimum atomic E-state index is -1.07. The zero-order chi connectivity index (χ0) is 16.1. The third-order valence-electron chi connectivity index (χ3n) is 2.87. The van der Waals surface area contributed by atoms with Crippen LogP contribution in [0.1, 0.15) is 21.8 Å². The molecule has 2 rings (SSSR count). The standard InChI is InChI=1S/C15H16N2O5/c1-10-6-12(16-22-10)8-17(2)15(20)11-4-3-5-13(7-11)21-9-14(18)19/h3-7H,8-9H2,1-2H3,(H,18,19). The maximum Gasteiger partial charge on any atom is 0.341 e. The Morgan fingerprint density at radius 2 is 2.14 bits per heavy atom. The molecule has 0 aliphatic heterocycles. The maximum absolute atomic E-state index is 12.3. The van der Waals surface area contributed by atoms with E-state index < -0.39 is 12.6 Å². The lowest BCUT2D eigenvalue weighted by atomic mass is 10.2. The monoisotopic (exact) mass is 304 g/mol. The second-order valence-corrected chi connectivity index (χ2v) is 4.80. The number of rotatable bonds is 6. The van der Waals surface area contributed by atoms with Gasteiger partial charge in [-0.3, -0.25) is 4.79 Å². The maximum atomic E-state index is 12.3. The predicted molar refractivity (Wildman–Crippen MR) is 76.6 cm³/mol. The van der Waals surface area contributed by atoms with E-state index in [1.54, 1.807) is 38.2 Å². The Labute approximate surface area is 127 Å². The van der Waals surface area contributed by atoms with Gasteiger partial charge in [0.15, 0.2) is 6.61 Å². The van der Waals surface area contributed by atoms with Gasteiger partial charge in [0.1, 0.15) is 17.2 Å². The summed E-state index contributed by atoms with van der Waals surface area (Å²) in [6, 6.07) is 8.14.